The SMILES string of the molecule is CC[C@@H](C(=O)NCCOc1ccc(OC)cc1)N(c1cccc(Cl)c1)S(C)(=O)=O. The number of benzene rings is 2. The summed E-state index contributed by atoms with van der Waals surface area (Å²) >= 11 is 6.00. The number of halogens is 1. The van der Waals surface area contributed by atoms with Crippen LogP contribution >= 0.6 is 11.6 Å². The maximum atomic E-state index is 12.7. The van der Waals surface area contributed by atoms with E-state index < -0.39 is 22.0 Å². The van der Waals surface area contributed by atoms with Crippen LogP contribution in [0, 0.1) is 0 Å². The molecule has 0 radical (unpaired) electrons. The third-order valence-corrected chi connectivity index (χ3v) is 5.54. The van der Waals surface area contributed by atoms with Crippen LogP contribution in [0.5, 0.6) is 11.5 Å². The fraction of sp³-hybridized carbons (Fsp3) is 0.350. The fourth-order valence-electron chi connectivity index (χ4n) is 2.81. The number of nitrogens with one attached hydrogen (secondary N) is 1. The minimum absolute atomic E-state index is 0.231. The first-order valence-corrected chi connectivity index (χ1v) is 11.3. The highest BCUT2D eigenvalue weighted by atomic mass is 35.5. The maximum absolute atomic E-state index is 12.7. The largest absolute Gasteiger partial charge is 0.497 e. The number of rotatable bonds is 10. The summed E-state index contributed by atoms with van der Waals surface area (Å²) in [5.74, 6) is 0.957. The first kappa shape index (κ1) is 22.8. The van der Waals surface area contributed by atoms with Gasteiger partial charge in [-0.1, -0.05) is 24.6 Å². The number of anilines is 1. The zero-order chi connectivity index (χ0) is 21.4. The second kappa shape index (κ2) is 10.4. The molecule has 0 bridgehead atoms. The summed E-state index contributed by atoms with van der Waals surface area (Å²) in [5.41, 5.74) is 0.344. The molecule has 0 fully saturated rings. The van der Waals surface area contributed by atoms with Crippen molar-refractivity contribution in [2.45, 2.75) is 19.4 Å². The number of carbonyl (C=O) groups is 1. The Kier molecular flexibility index (Phi) is 8.16. The topological polar surface area (TPSA) is 84.9 Å². The summed E-state index contributed by atoms with van der Waals surface area (Å²) in [6.45, 7) is 2.22. The van der Waals surface area contributed by atoms with Crippen LogP contribution in [-0.2, 0) is 14.8 Å². The van der Waals surface area contributed by atoms with Gasteiger partial charge in [0, 0.05) is 5.02 Å². The van der Waals surface area contributed by atoms with Gasteiger partial charge in [0.15, 0.2) is 0 Å². The Labute approximate surface area is 176 Å². The van der Waals surface area contributed by atoms with Gasteiger partial charge in [0.2, 0.25) is 15.9 Å². The lowest BCUT2D eigenvalue weighted by Crippen LogP contribution is -2.50. The molecule has 9 heteroatoms. The Bertz CT molecular complexity index is 919. The lowest BCUT2D eigenvalue weighted by molar-refractivity contribution is -0.122. The molecule has 7 nitrogen and oxygen atoms in total. The molecular weight excluding hydrogens is 416 g/mol. The van der Waals surface area contributed by atoms with E-state index in [1.807, 2.05) is 0 Å². The van der Waals surface area contributed by atoms with Gasteiger partial charge in [-0.2, -0.15) is 0 Å². The van der Waals surface area contributed by atoms with Gasteiger partial charge < -0.3 is 14.8 Å². The minimum Gasteiger partial charge on any atom is -0.497 e. The quantitative estimate of drug-likeness (QED) is 0.574. The molecule has 2 rings (SSSR count). The Morgan fingerprint density at radius 1 is 1.17 bits per heavy atom. The van der Waals surface area contributed by atoms with Crippen LogP contribution in [0.3, 0.4) is 0 Å². The van der Waals surface area contributed by atoms with E-state index in [-0.39, 0.29) is 13.2 Å². The highest BCUT2D eigenvalue weighted by Gasteiger charge is 2.31. The zero-order valence-electron chi connectivity index (χ0n) is 16.6. The third kappa shape index (κ3) is 6.54. The number of hydrogen-bond acceptors (Lipinski definition) is 5. The molecular formula is C20H25ClN2O5S. The van der Waals surface area contributed by atoms with Gasteiger partial charge in [0.1, 0.15) is 24.1 Å². The number of hydrogen-bond donors (Lipinski definition) is 1. The van der Waals surface area contributed by atoms with Crippen molar-refractivity contribution in [3.63, 3.8) is 0 Å². The standard InChI is InChI=1S/C20H25ClN2O5S/c1-4-19(23(29(3,25)26)16-7-5-6-15(21)14-16)20(24)22-12-13-28-18-10-8-17(27-2)9-11-18/h5-11,14,19H,4,12-13H2,1-3H3,(H,22,24)/t19-/m0/s1. The Morgan fingerprint density at radius 2 is 1.83 bits per heavy atom. The monoisotopic (exact) mass is 440 g/mol. The molecule has 0 saturated heterocycles. The number of carbonyl (C=O) groups excluding carboxylic acids is 1. The second-order valence-corrected chi connectivity index (χ2v) is 8.57. The van der Waals surface area contributed by atoms with Crippen molar-refractivity contribution >= 4 is 33.2 Å². The molecule has 29 heavy (non-hydrogen) atoms. The molecule has 0 unspecified atom stereocenters. The number of amides is 1. The molecule has 0 heterocycles. The predicted molar refractivity (Wildman–Crippen MR) is 114 cm³/mol. The Morgan fingerprint density at radius 3 is 2.38 bits per heavy atom. The van der Waals surface area contributed by atoms with E-state index in [2.05, 4.69) is 5.32 Å². The Hall–Kier alpha value is -2.45. The van der Waals surface area contributed by atoms with Crippen LogP contribution in [-0.4, -0.2) is 46.9 Å². The van der Waals surface area contributed by atoms with E-state index in [1.54, 1.807) is 56.5 Å². The van der Waals surface area contributed by atoms with Crippen LogP contribution in [0.1, 0.15) is 13.3 Å². The molecule has 0 aliphatic carbocycles. The highest BCUT2D eigenvalue weighted by molar-refractivity contribution is 7.92. The van der Waals surface area contributed by atoms with Gasteiger partial charge >= 0.3 is 0 Å². The maximum Gasteiger partial charge on any atom is 0.244 e. The molecule has 0 aliphatic heterocycles. The molecule has 2 aromatic rings. The van der Waals surface area contributed by atoms with Crippen molar-refractivity contribution in [3.8, 4) is 11.5 Å². The molecule has 1 N–H and O–H groups in total. The van der Waals surface area contributed by atoms with Crippen molar-refractivity contribution in [3.05, 3.63) is 53.6 Å². The van der Waals surface area contributed by atoms with Gasteiger partial charge in [-0.15, -0.1) is 0 Å². The molecule has 158 valence electrons. The summed E-state index contributed by atoms with van der Waals surface area (Å²) in [6.07, 6.45) is 1.36. The lowest BCUT2D eigenvalue weighted by atomic mass is 10.2. The van der Waals surface area contributed by atoms with Gasteiger partial charge in [-0.05, 0) is 48.9 Å². The van der Waals surface area contributed by atoms with Crippen molar-refractivity contribution in [1.82, 2.24) is 5.32 Å². The van der Waals surface area contributed by atoms with Gasteiger partial charge in [-0.25, -0.2) is 8.42 Å². The van der Waals surface area contributed by atoms with E-state index in [0.717, 1.165) is 16.3 Å². The summed E-state index contributed by atoms with van der Waals surface area (Å²) in [7, 11) is -2.12. The lowest BCUT2D eigenvalue weighted by Gasteiger charge is -2.30. The van der Waals surface area contributed by atoms with Crippen molar-refractivity contribution in [2.75, 3.05) is 30.8 Å². The first-order valence-electron chi connectivity index (χ1n) is 9.05. The van der Waals surface area contributed by atoms with Gasteiger partial charge in [0.25, 0.3) is 0 Å². The molecule has 0 spiro atoms. The normalized spacial score (nSPS) is 12.1. The fourth-order valence-corrected chi connectivity index (χ4v) is 4.19. The molecule has 0 aliphatic rings. The summed E-state index contributed by atoms with van der Waals surface area (Å²) in [4.78, 5) is 12.7. The van der Waals surface area contributed by atoms with Gasteiger partial charge in [-0.3, -0.25) is 9.10 Å². The number of nitrogens with zero attached hydrogens (tertiary/aromatic N) is 1. The van der Waals surface area contributed by atoms with Crippen LogP contribution in [0.2, 0.25) is 5.02 Å². The van der Waals surface area contributed by atoms with E-state index in [4.69, 9.17) is 21.1 Å². The molecule has 1 amide bonds. The smallest absolute Gasteiger partial charge is 0.244 e. The average Bonchev–Trinajstić information content (AvgIpc) is 2.68. The van der Waals surface area contributed by atoms with Crippen molar-refractivity contribution < 1.29 is 22.7 Å². The predicted octanol–water partition coefficient (Wildman–Crippen LogP) is 3.09. The molecule has 0 saturated carbocycles. The van der Waals surface area contributed by atoms with Crippen LogP contribution < -0.4 is 19.1 Å². The summed E-state index contributed by atoms with van der Waals surface area (Å²) in [5, 5.41) is 3.12. The van der Waals surface area contributed by atoms with Crippen LogP contribution in [0.15, 0.2) is 48.5 Å². The highest BCUT2D eigenvalue weighted by Crippen LogP contribution is 2.25. The van der Waals surface area contributed by atoms with Crippen molar-refractivity contribution in [1.29, 1.82) is 0 Å². The summed E-state index contributed by atoms with van der Waals surface area (Å²) in [6, 6.07) is 12.6. The van der Waals surface area contributed by atoms with E-state index in [0.29, 0.717) is 22.9 Å². The summed E-state index contributed by atoms with van der Waals surface area (Å²) < 4.78 is 36.5. The third-order valence-electron chi connectivity index (χ3n) is 4.12. The molecule has 0 aromatic heterocycles. The van der Waals surface area contributed by atoms with E-state index in [1.165, 1.54) is 6.07 Å². The average molecular weight is 441 g/mol. The van der Waals surface area contributed by atoms with E-state index >= 15 is 0 Å². The Balaban J connectivity index is 2.01. The zero-order valence-corrected chi connectivity index (χ0v) is 18.2. The number of ether oxygens (including phenoxy) is 2. The first-order chi connectivity index (χ1) is 13.8. The van der Waals surface area contributed by atoms with E-state index in [9.17, 15) is 13.2 Å². The molecule has 1 atom stereocenters. The second-order valence-electron chi connectivity index (χ2n) is 6.28. The number of sulfonamides is 1. The van der Waals surface area contributed by atoms with Crippen LogP contribution in [0.4, 0.5) is 5.69 Å². The van der Waals surface area contributed by atoms with Gasteiger partial charge in [0.05, 0.1) is 25.6 Å². The van der Waals surface area contributed by atoms with Crippen LogP contribution in [0.25, 0.3) is 0 Å². The van der Waals surface area contributed by atoms with Crippen molar-refractivity contribution in [2.24, 2.45) is 0 Å². The molecule has 2 aromatic carbocycles. The number of methoxy groups -OCH3 is 1. The minimum atomic E-state index is -3.70.